The summed E-state index contributed by atoms with van der Waals surface area (Å²) in [7, 11) is 0. The average Bonchev–Trinajstić information content (AvgIpc) is 2.55. The molecule has 0 atom stereocenters. The van der Waals surface area contributed by atoms with E-state index in [2.05, 4.69) is 24.5 Å². The molecule has 2 rings (SSSR count). The van der Waals surface area contributed by atoms with Gasteiger partial charge in [-0.1, -0.05) is 32.0 Å². The Morgan fingerprint density at radius 3 is 2.32 bits per heavy atom. The van der Waals surface area contributed by atoms with Gasteiger partial charge in [0, 0.05) is 18.3 Å². The summed E-state index contributed by atoms with van der Waals surface area (Å²) in [4.78, 5) is 23.2. The molecule has 0 saturated heterocycles. The minimum absolute atomic E-state index is 0.0780. The van der Waals surface area contributed by atoms with Crippen LogP contribution in [0.4, 0.5) is 11.4 Å². The molecule has 0 fully saturated rings. The van der Waals surface area contributed by atoms with Crippen molar-refractivity contribution in [1.29, 1.82) is 0 Å². The first-order chi connectivity index (χ1) is 11.9. The van der Waals surface area contributed by atoms with Gasteiger partial charge in [0.15, 0.2) is 6.61 Å². The Balaban J connectivity index is 1.96. The number of hydrogen-bond acceptors (Lipinski definition) is 3. The Kier molecular flexibility index (Phi) is 6.17. The number of hydrogen-bond donors (Lipinski definition) is 2. The van der Waals surface area contributed by atoms with E-state index in [9.17, 15) is 9.59 Å². The van der Waals surface area contributed by atoms with Gasteiger partial charge in [-0.2, -0.15) is 0 Å². The van der Waals surface area contributed by atoms with Crippen LogP contribution in [0.15, 0.2) is 42.5 Å². The van der Waals surface area contributed by atoms with E-state index in [1.54, 1.807) is 24.3 Å². The molecule has 0 spiro atoms. The normalized spacial score (nSPS) is 10.4. The van der Waals surface area contributed by atoms with Crippen LogP contribution in [0.25, 0.3) is 0 Å². The van der Waals surface area contributed by atoms with Gasteiger partial charge >= 0.3 is 0 Å². The predicted molar refractivity (Wildman–Crippen MR) is 100 cm³/mol. The molecule has 132 valence electrons. The van der Waals surface area contributed by atoms with Crippen LogP contribution in [0.2, 0.25) is 0 Å². The predicted octanol–water partition coefficient (Wildman–Crippen LogP) is 4.09. The monoisotopic (exact) mass is 340 g/mol. The van der Waals surface area contributed by atoms with E-state index >= 15 is 0 Å². The smallest absolute Gasteiger partial charge is 0.262 e. The fraction of sp³-hybridized carbons (Fsp3) is 0.300. The van der Waals surface area contributed by atoms with Gasteiger partial charge in [0.05, 0.1) is 0 Å². The molecular weight excluding hydrogens is 316 g/mol. The van der Waals surface area contributed by atoms with Crippen LogP contribution in [0.3, 0.4) is 0 Å². The second-order valence-electron chi connectivity index (χ2n) is 6.24. The Hall–Kier alpha value is -2.82. The standard InChI is InChI=1S/C20H24N2O3/c1-13(2)18-7-5-6-14(3)20(18)22-19(24)12-25-17-10-8-16(9-11-17)21-15(4)23/h5-11,13H,12H2,1-4H3,(H,21,23)(H,22,24). The van der Waals surface area contributed by atoms with Crippen molar-refractivity contribution in [3.63, 3.8) is 0 Å². The van der Waals surface area contributed by atoms with Gasteiger partial charge in [-0.05, 0) is 48.2 Å². The van der Waals surface area contributed by atoms with Gasteiger partial charge in [0.1, 0.15) is 5.75 Å². The maximum Gasteiger partial charge on any atom is 0.262 e. The minimum atomic E-state index is -0.206. The van der Waals surface area contributed by atoms with Gasteiger partial charge in [0.25, 0.3) is 5.91 Å². The van der Waals surface area contributed by atoms with Crippen molar-refractivity contribution in [3.8, 4) is 5.75 Å². The van der Waals surface area contributed by atoms with E-state index in [1.807, 2.05) is 25.1 Å². The van der Waals surface area contributed by atoms with Crippen LogP contribution >= 0.6 is 0 Å². The second kappa shape index (κ2) is 8.33. The molecule has 0 aliphatic heterocycles. The molecule has 25 heavy (non-hydrogen) atoms. The van der Waals surface area contributed by atoms with Crippen LogP contribution < -0.4 is 15.4 Å². The number of ether oxygens (including phenoxy) is 1. The lowest BCUT2D eigenvalue weighted by Crippen LogP contribution is -2.21. The van der Waals surface area contributed by atoms with Crippen molar-refractivity contribution in [2.24, 2.45) is 0 Å². The SMILES string of the molecule is CC(=O)Nc1ccc(OCC(=O)Nc2c(C)cccc2C(C)C)cc1. The molecule has 0 unspecified atom stereocenters. The van der Waals surface area contributed by atoms with Gasteiger partial charge in [0.2, 0.25) is 5.91 Å². The summed E-state index contributed by atoms with van der Waals surface area (Å²) in [5, 5.41) is 5.63. The lowest BCUT2D eigenvalue weighted by molar-refractivity contribution is -0.118. The molecule has 2 aromatic rings. The summed E-state index contributed by atoms with van der Waals surface area (Å²) in [5.74, 6) is 0.546. The molecule has 0 radical (unpaired) electrons. The molecule has 0 aliphatic carbocycles. The van der Waals surface area contributed by atoms with E-state index in [4.69, 9.17) is 4.74 Å². The van der Waals surface area contributed by atoms with Gasteiger partial charge in [-0.15, -0.1) is 0 Å². The maximum absolute atomic E-state index is 12.2. The lowest BCUT2D eigenvalue weighted by atomic mass is 9.98. The number of aryl methyl sites for hydroxylation is 1. The zero-order valence-electron chi connectivity index (χ0n) is 15.1. The van der Waals surface area contributed by atoms with E-state index in [0.29, 0.717) is 17.4 Å². The third kappa shape index (κ3) is 5.35. The number of para-hydroxylation sites is 1. The van der Waals surface area contributed by atoms with E-state index in [1.165, 1.54) is 6.92 Å². The number of anilines is 2. The molecule has 5 heteroatoms. The van der Waals surface area contributed by atoms with E-state index < -0.39 is 0 Å². The molecule has 5 nitrogen and oxygen atoms in total. The Labute approximate surface area is 148 Å². The van der Waals surface area contributed by atoms with Gasteiger partial charge in [-0.25, -0.2) is 0 Å². The molecule has 0 bridgehead atoms. The summed E-state index contributed by atoms with van der Waals surface area (Å²) in [6.07, 6.45) is 0. The van der Waals surface area contributed by atoms with Gasteiger partial charge in [-0.3, -0.25) is 9.59 Å². The molecular formula is C20H24N2O3. The van der Waals surface area contributed by atoms with Crippen LogP contribution in [-0.4, -0.2) is 18.4 Å². The van der Waals surface area contributed by atoms with Crippen molar-refractivity contribution in [2.45, 2.75) is 33.6 Å². The first kappa shape index (κ1) is 18.5. The number of rotatable bonds is 6. The average molecular weight is 340 g/mol. The highest BCUT2D eigenvalue weighted by molar-refractivity contribution is 5.93. The number of carbonyl (C=O) groups excluding carboxylic acids is 2. The highest BCUT2D eigenvalue weighted by atomic mass is 16.5. The minimum Gasteiger partial charge on any atom is -0.484 e. The summed E-state index contributed by atoms with van der Waals surface area (Å²) in [6.45, 7) is 7.54. The molecule has 0 aliphatic rings. The van der Waals surface area contributed by atoms with Crippen LogP contribution in [-0.2, 0) is 9.59 Å². The first-order valence-electron chi connectivity index (χ1n) is 8.26. The summed E-state index contributed by atoms with van der Waals surface area (Å²) < 4.78 is 5.52. The van der Waals surface area contributed by atoms with Crippen molar-refractivity contribution in [2.75, 3.05) is 17.2 Å². The van der Waals surface area contributed by atoms with Crippen molar-refractivity contribution < 1.29 is 14.3 Å². The molecule has 2 N–H and O–H groups in total. The fourth-order valence-corrected chi connectivity index (χ4v) is 2.50. The van der Waals surface area contributed by atoms with Crippen LogP contribution in [0, 0.1) is 6.92 Å². The second-order valence-corrected chi connectivity index (χ2v) is 6.24. The zero-order valence-corrected chi connectivity index (χ0v) is 15.1. The highest BCUT2D eigenvalue weighted by Gasteiger charge is 2.12. The zero-order chi connectivity index (χ0) is 18.4. The number of benzene rings is 2. The van der Waals surface area contributed by atoms with Crippen molar-refractivity contribution in [1.82, 2.24) is 0 Å². The molecule has 2 amide bonds. The Morgan fingerprint density at radius 2 is 1.72 bits per heavy atom. The largest absolute Gasteiger partial charge is 0.484 e. The van der Waals surface area contributed by atoms with Crippen molar-refractivity contribution >= 4 is 23.2 Å². The topological polar surface area (TPSA) is 67.4 Å². The molecule has 0 heterocycles. The molecule has 2 aromatic carbocycles. The summed E-state index contributed by atoms with van der Waals surface area (Å²) in [5.41, 5.74) is 3.67. The summed E-state index contributed by atoms with van der Waals surface area (Å²) >= 11 is 0. The quantitative estimate of drug-likeness (QED) is 0.832. The van der Waals surface area contributed by atoms with E-state index in [-0.39, 0.29) is 18.4 Å². The number of nitrogens with one attached hydrogen (secondary N) is 2. The first-order valence-corrected chi connectivity index (χ1v) is 8.26. The third-order valence-electron chi connectivity index (χ3n) is 3.74. The highest BCUT2D eigenvalue weighted by Crippen LogP contribution is 2.27. The Morgan fingerprint density at radius 1 is 1.04 bits per heavy atom. The molecule has 0 saturated carbocycles. The lowest BCUT2D eigenvalue weighted by Gasteiger charge is -2.16. The number of amides is 2. The molecule has 0 aromatic heterocycles. The van der Waals surface area contributed by atoms with Crippen LogP contribution in [0.5, 0.6) is 5.75 Å². The maximum atomic E-state index is 12.2. The number of carbonyl (C=O) groups is 2. The van der Waals surface area contributed by atoms with Crippen LogP contribution in [0.1, 0.15) is 37.8 Å². The summed E-state index contributed by atoms with van der Waals surface area (Å²) in [6, 6.07) is 12.9. The Bertz CT molecular complexity index is 752. The van der Waals surface area contributed by atoms with Gasteiger partial charge < -0.3 is 15.4 Å². The fourth-order valence-electron chi connectivity index (χ4n) is 2.50. The third-order valence-corrected chi connectivity index (χ3v) is 3.74. The van der Waals surface area contributed by atoms with Crippen molar-refractivity contribution in [3.05, 3.63) is 53.6 Å². The van der Waals surface area contributed by atoms with E-state index in [0.717, 1.165) is 16.8 Å².